The van der Waals surface area contributed by atoms with Gasteiger partial charge in [0.2, 0.25) is 12.4 Å². The van der Waals surface area contributed by atoms with Crippen LogP contribution in [0.3, 0.4) is 0 Å². The zero-order chi connectivity index (χ0) is 20.7. The second-order valence-corrected chi connectivity index (χ2v) is 5.68. The molecule has 0 aromatic heterocycles. The Bertz CT molecular complexity index is 599. The van der Waals surface area contributed by atoms with Crippen LogP contribution in [-0.4, -0.2) is 67.2 Å². The molecule has 0 amide bonds. The fourth-order valence-electron chi connectivity index (χ4n) is 2.45. The van der Waals surface area contributed by atoms with Crippen molar-refractivity contribution in [3.8, 4) is 0 Å². The molecule has 0 saturated carbocycles. The van der Waals surface area contributed by atoms with Crippen LogP contribution < -0.4 is 0 Å². The Morgan fingerprint density at radius 1 is 0.630 bits per heavy atom. The van der Waals surface area contributed by atoms with Gasteiger partial charge in [0.1, 0.15) is 12.7 Å². The third-order valence-corrected chi connectivity index (χ3v) is 3.23. The van der Waals surface area contributed by atoms with E-state index in [-0.39, 0.29) is 0 Å². The van der Waals surface area contributed by atoms with Gasteiger partial charge in [0.25, 0.3) is 0 Å². The summed E-state index contributed by atoms with van der Waals surface area (Å²) in [7, 11) is 0. The lowest BCUT2D eigenvalue weighted by Gasteiger charge is -2.43. The van der Waals surface area contributed by atoms with Crippen molar-refractivity contribution in [1.29, 1.82) is 0 Å². The minimum Gasteiger partial charge on any atom is -0.463 e. The van der Waals surface area contributed by atoms with Gasteiger partial charge in [-0.3, -0.25) is 24.0 Å². The van der Waals surface area contributed by atoms with Crippen LogP contribution >= 0.6 is 0 Å². The predicted octanol–water partition coefficient (Wildman–Crippen LogP) is -0.367. The molecule has 1 aliphatic heterocycles. The molecule has 0 aromatic rings. The zero-order valence-corrected chi connectivity index (χ0v) is 15.6. The number of ether oxygens (including phenoxy) is 6. The zero-order valence-electron chi connectivity index (χ0n) is 15.6. The second kappa shape index (κ2) is 9.86. The summed E-state index contributed by atoms with van der Waals surface area (Å²) in [4.78, 5) is 57.0. The molecule has 0 radical (unpaired) electrons. The number of hydrogen-bond donors (Lipinski definition) is 0. The van der Waals surface area contributed by atoms with Crippen LogP contribution in [0.25, 0.3) is 0 Å². The van der Waals surface area contributed by atoms with E-state index in [4.69, 9.17) is 28.4 Å². The summed E-state index contributed by atoms with van der Waals surface area (Å²) in [6.07, 6.45) is -6.70. The van der Waals surface area contributed by atoms with Crippen molar-refractivity contribution in [3.63, 3.8) is 0 Å². The van der Waals surface area contributed by atoms with Crippen molar-refractivity contribution >= 4 is 29.8 Å². The molecule has 5 atom stereocenters. The number of carbonyl (C=O) groups is 5. The van der Waals surface area contributed by atoms with E-state index >= 15 is 0 Å². The molecule has 1 aliphatic rings. The molecule has 0 aromatic carbocycles. The van der Waals surface area contributed by atoms with Crippen LogP contribution in [-0.2, 0) is 52.4 Å². The molecule has 11 nitrogen and oxygen atoms in total. The minimum absolute atomic E-state index is 0.393. The average Bonchev–Trinajstić information content (AvgIpc) is 2.49. The molecule has 1 heterocycles. The van der Waals surface area contributed by atoms with Crippen LogP contribution in [0.2, 0.25) is 0 Å². The van der Waals surface area contributed by atoms with E-state index < -0.39 is 67.2 Å². The Morgan fingerprint density at radius 3 is 1.52 bits per heavy atom. The van der Waals surface area contributed by atoms with Gasteiger partial charge in [-0.1, -0.05) is 0 Å². The highest BCUT2D eigenvalue weighted by atomic mass is 16.7. The predicted molar refractivity (Wildman–Crippen MR) is 83.7 cm³/mol. The molecule has 0 N–H and O–H groups in total. The van der Waals surface area contributed by atoms with E-state index in [9.17, 15) is 24.0 Å². The summed E-state index contributed by atoms with van der Waals surface area (Å²) in [5.74, 6) is -3.71. The summed E-state index contributed by atoms with van der Waals surface area (Å²) in [5, 5.41) is 0. The largest absolute Gasteiger partial charge is 0.463 e. The maximum absolute atomic E-state index is 11.5. The topological polar surface area (TPSA) is 141 Å². The average molecular weight is 390 g/mol. The minimum atomic E-state index is -1.48. The molecule has 3 unspecified atom stereocenters. The first-order chi connectivity index (χ1) is 12.5. The number of carbonyl (C=O) groups excluding carboxylic acids is 5. The smallest absolute Gasteiger partial charge is 0.305 e. The highest BCUT2D eigenvalue weighted by Crippen LogP contribution is 2.29. The van der Waals surface area contributed by atoms with Crippen molar-refractivity contribution in [2.24, 2.45) is 0 Å². The number of hydrogen-bond acceptors (Lipinski definition) is 11. The van der Waals surface area contributed by atoms with Crippen molar-refractivity contribution in [2.75, 3.05) is 6.61 Å². The van der Waals surface area contributed by atoms with Gasteiger partial charge in [-0.2, -0.15) is 0 Å². The fraction of sp³-hybridized carbons (Fsp3) is 0.688. The lowest BCUT2D eigenvalue weighted by molar-refractivity contribution is -0.300. The molecule has 0 aliphatic carbocycles. The quantitative estimate of drug-likeness (QED) is 0.433. The van der Waals surface area contributed by atoms with Gasteiger partial charge in [-0.15, -0.1) is 0 Å². The van der Waals surface area contributed by atoms with E-state index in [1.807, 2.05) is 0 Å². The van der Waals surface area contributed by atoms with E-state index in [0.717, 1.165) is 34.6 Å². The first kappa shape index (κ1) is 22.4. The van der Waals surface area contributed by atoms with E-state index in [2.05, 4.69) is 0 Å². The Morgan fingerprint density at radius 2 is 1.07 bits per heavy atom. The maximum Gasteiger partial charge on any atom is 0.305 e. The molecule has 1 fully saturated rings. The molecule has 0 bridgehead atoms. The van der Waals surface area contributed by atoms with Crippen LogP contribution in [0, 0.1) is 0 Å². The molecule has 27 heavy (non-hydrogen) atoms. The summed E-state index contributed by atoms with van der Waals surface area (Å²) in [6, 6.07) is 0. The van der Waals surface area contributed by atoms with Crippen molar-refractivity contribution in [2.45, 2.75) is 65.3 Å². The number of esters is 5. The van der Waals surface area contributed by atoms with Crippen LogP contribution in [0.4, 0.5) is 0 Å². The standard InChI is InChI=1S/C16H22O11/c1-7(17)22-6-12-13(23-8(2)18)14(24-9(3)19)15(25-10(4)20)16(27-12)26-11(5)21/h12-16H,6H2,1-5H3/t12?,13-,14?,15-,16?/m0/s1. The fourth-order valence-corrected chi connectivity index (χ4v) is 2.45. The van der Waals surface area contributed by atoms with E-state index in [1.165, 1.54) is 0 Å². The normalized spacial score (nSPS) is 27.1. The van der Waals surface area contributed by atoms with Crippen LogP contribution in [0.15, 0.2) is 0 Å². The van der Waals surface area contributed by atoms with Crippen LogP contribution in [0.1, 0.15) is 34.6 Å². The molecule has 0 spiro atoms. The number of rotatable bonds is 6. The highest BCUT2D eigenvalue weighted by Gasteiger charge is 2.53. The van der Waals surface area contributed by atoms with Gasteiger partial charge in [0.05, 0.1) is 0 Å². The first-order valence-electron chi connectivity index (χ1n) is 7.99. The lowest BCUT2D eigenvalue weighted by Crippen LogP contribution is -2.63. The van der Waals surface area contributed by atoms with Crippen molar-refractivity contribution in [1.82, 2.24) is 0 Å². The first-order valence-corrected chi connectivity index (χ1v) is 7.99. The lowest BCUT2D eigenvalue weighted by atomic mass is 9.98. The van der Waals surface area contributed by atoms with Gasteiger partial charge in [-0.05, 0) is 0 Å². The summed E-state index contributed by atoms with van der Waals surface area (Å²) in [6.45, 7) is 5.13. The molecular weight excluding hydrogens is 368 g/mol. The maximum atomic E-state index is 11.5. The van der Waals surface area contributed by atoms with Gasteiger partial charge >= 0.3 is 29.8 Å². The monoisotopic (exact) mass is 390 g/mol. The Labute approximate surface area is 155 Å². The van der Waals surface area contributed by atoms with Gasteiger partial charge in [0, 0.05) is 34.6 Å². The van der Waals surface area contributed by atoms with E-state index in [1.54, 1.807) is 0 Å². The van der Waals surface area contributed by atoms with Crippen LogP contribution in [0.5, 0.6) is 0 Å². The second-order valence-electron chi connectivity index (χ2n) is 5.68. The molecule has 1 saturated heterocycles. The summed E-state index contributed by atoms with van der Waals surface area (Å²) >= 11 is 0. The molecule has 152 valence electrons. The van der Waals surface area contributed by atoms with Gasteiger partial charge in [-0.25, -0.2) is 0 Å². The van der Waals surface area contributed by atoms with Crippen molar-refractivity contribution < 1.29 is 52.4 Å². The van der Waals surface area contributed by atoms with Gasteiger partial charge < -0.3 is 28.4 Å². The Balaban J connectivity index is 3.29. The highest BCUT2D eigenvalue weighted by molar-refractivity contribution is 5.69. The Kier molecular flexibility index (Phi) is 8.16. The third-order valence-electron chi connectivity index (χ3n) is 3.23. The Hall–Kier alpha value is -2.69. The molecule has 1 rings (SSSR count). The summed E-state index contributed by atoms with van der Waals surface area (Å²) < 4.78 is 30.8. The molecule has 11 heteroatoms. The molecular formula is C16H22O11. The SMILES string of the molecule is CC(=O)OCC1OC(OC(C)=O)[C@@H](OC(C)=O)C(OC(C)=O)[C@H]1OC(C)=O. The van der Waals surface area contributed by atoms with E-state index in [0.29, 0.717) is 0 Å². The van der Waals surface area contributed by atoms with Gasteiger partial charge in [0.15, 0.2) is 12.2 Å². The third kappa shape index (κ3) is 7.21. The van der Waals surface area contributed by atoms with Crippen molar-refractivity contribution in [3.05, 3.63) is 0 Å². The summed E-state index contributed by atoms with van der Waals surface area (Å²) in [5.41, 5.74) is 0.